The van der Waals surface area contributed by atoms with Crippen LogP contribution in [0.2, 0.25) is 0 Å². The highest BCUT2D eigenvalue weighted by molar-refractivity contribution is 6.05. The fraction of sp³-hybridized carbons (Fsp3) is 0.529. The molecule has 0 amide bonds. The summed E-state index contributed by atoms with van der Waals surface area (Å²) in [6, 6.07) is 6.37. The summed E-state index contributed by atoms with van der Waals surface area (Å²) in [5, 5.41) is 9.01. The smallest absolute Gasteiger partial charge is 0.205 e. The molecule has 3 aliphatic rings. The molecule has 1 aliphatic carbocycles. The maximum absolute atomic E-state index is 9.01. The normalized spacial score (nSPS) is 29.8. The van der Waals surface area contributed by atoms with Crippen molar-refractivity contribution in [1.29, 1.82) is 5.26 Å². The van der Waals surface area contributed by atoms with Gasteiger partial charge in [0.1, 0.15) is 11.4 Å². The lowest BCUT2D eigenvalue weighted by Gasteiger charge is -2.41. The van der Waals surface area contributed by atoms with E-state index in [4.69, 9.17) is 14.7 Å². The second-order valence-electron chi connectivity index (χ2n) is 6.31. The van der Waals surface area contributed by atoms with Crippen LogP contribution in [-0.4, -0.2) is 24.5 Å². The zero-order chi connectivity index (χ0) is 14.3. The first-order valence-electron chi connectivity index (χ1n) is 7.66. The third-order valence-corrected chi connectivity index (χ3v) is 4.65. The molecule has 0 bridgehead atoms. The van der Waals surface area contributed by atoms with Gasteiger partial charge in [-0.3, -0.25) is 0 Å². The van der Waals surface area contributed by atoms with Crippen LogP contribution in [0.1, 0.15) is 49.1 Å². The number of aliphatic imine (C=N–C) groups is 1. The lowest BCUT2D eigenvalue weighted by Crippen LogP contribution is -2.48. The molecule has 4 heteroatoms. The van der Waals surface area contributed by atoms with Gasteiger partial charge in [0.25, 0.3) is 0 Å². The van der Waals surface area contributed by atoms with E-state index in [2.05, 4.69) is 17.1 Å². The Morgan fingerprint density at radius 1 is 1.33 bits per heavy atom. The Labute approximate surface area is 124 Å². The van der Waals surface area contributed by atoms with Crippen molar-refractivity contribution in [2.45, 2.75) is 43.6 Å². The Morgan fingerprint density at radius 3 is 2.95 bits per heavy atom. The monoisotopic (exact) mass is 282 g/mol. The summed E-state index contributed by atoms with van der Waals surface area (Å²) in [7, 11) is 0. The van der Waals surface area contributed by atoms with Crippen LogP contribution in [0.3, 0.4) is 0 Å². The predicted octanol–water partition coefficient (Wildman–Crippen LogP) is 3.17. The average Bonchev–Trinajstić information content (AvgIpc) is 3.33. The molecule has 1 aromatic rings. The van der Waals surface area contributed by atoms with Gasteiger partial charge in [0.15, 0.2) is 0 Å². The van der Waals surface area contributed by atoms with Crippen molar-refractivity contribution in [3.05, 3.63) is 29.3 Å². The van der Waals surface area contributed by atoms with E-state index in [0.29, 0.717) is 18.9 Å². The molecule has 21 heavy (non-hydrogen) atoms. The number of nitrogens with zero attached hydrogens (tertiary/aromatic N) is 2. The highest BCUT2D eigenvalue weighted by atomic mass is 16.5. The van der Waals surface area contributed by atoms with E-state index >= 15 is 0 Å². The molecular weight excluding hydrogens is 264 g/mol. The molecule has 1 saturated heterocycles. The minimum atomic E-state index is -0.331. The van der Waals surface area contributed by atoms with Gasteiger partial charge in [-0.05, 0) is 49.3 Å². The molecule has 2 fully saturated rings. The van der Waals surface area contributed by atoms with Gasteiger partial charge in [0, 0.05) is 18.6 Å². The molecule has 4 rings (SSSR count). The maximum Gasteiger partial charge on any atom is 0.205 e. The molecule has 108 valence electrons. The topological polar surface area (TPSA) is 54.6 Å². The first-order chi connectivity index (χ1) is 10.3. The van der Waals surface area contributed by atoms with Crippen LogP contribution < -0.4 is 4.74 Å². The summed E-state index contributed by atoms with van der Waals surface area (Å²) >= 11 is 0. The number of hydrogen-bond donors (Lipinski definition) is 0. The maximum atomic E-state index is 9.01. The van der Waals surface area contributed by atoms with Crippen molar-refractivity contribution < 1.29 is 9.47 Å². The Bertz CT molecular complexity index is 635. The summed E-state index contributed by atoms with van der Waals surface area (Å²) in [5.74, 6) is 1.54. The van der Waals surface area contributed by atoms with Crippen LogP contribution in [0.5, 0.6) is 5.75 Å². The van der Waals surface area contributed by atoms with Crippen LogP contribution in [0.4, 0.5) is 0 Å². The van der Waals surface area contributed by atoms with Crippen LogP contribution in [0.25, 0.3) is 0 Å². The van der Waals surface area contributed by atoms with E-state index in [0.717, 1.165) is 36.5 Å². The Morgan fingerprint density at radius 2 is 2.24 bits per heavy atom. The summed E-state index contributed by atoms with van der Waals surface area (Å²) in [6.07, 6.45) is 7.11. The van der Waals surface area contributed by atoms with Gasteiger partial charge in [-0.2, -0.15) is 10.3 Å². The first kappa shape index (κ1) is 12.8. The van der Waals surface area contributed by atoms with E-state index < -0.39 is 0 Å². The zero-order valence-electron chi connectivity index (χ0n) is 12.0. The number of ether oxygens (including phenoxy) is 2. The van der Waals surface area contributed by atoms with Crippen LogP contribution in [0, 0.1) is 11.5 Å². The van der Waals surface area contributed by atoms with Crippen LogP contribution >= 0.6 is 0 Å². The third-order valence-electron chi connectivity index (χ3n) is 4.65. The molecule has 0 radical (unpaired) electrons. The van der Waals surface area contributed by atoms with E-state index in [1.807, 2.05) is 12.3 Å². The van der Waals surface area contributed by atoms with Crippen molar-refractivity contribution >= 4 is 5.71 Å². The number of fused-ring (bicyclic) bond motifs is 1. The lowest BCUT2D eigenvalue weighted by molar-refractivity contribution is -0.0661. The van der Waals surface area contributed by atoms with Crippen LogP contribution in [-0.2, 0) is 4.74 Å². The summed E-state index contributed by atoms with van der Waals surface area (Å²) in [4.78, 5) is 4.08. The number of hydrogen-bond acceptors (Lipinski definition) is 4. The molecular formula is C17H18N2O2. The van der Waals surface area contributed by atoms with Gasteiger partial charge < -0.3 is 9.47 Å². The lowest BCUT2D eigenvalue weighted by atomic mass is 9.84. The summed E-state index contributed by atoms with van der Waals surface area (Å²) in [6.45, 7) is 1.38. The molecule has 2 heterocycles. The second-order valence-corrected chi connectivity index (χ2v) is 6.31. The average molecular weight is 282 g/mol. The minimum Gasteiger partial charge on any atom is -0.484 e. The fourth-order valence-corrected chi connectivity index (χ4v) is 3.41. The molecule has 1 atom stereocenters. The van der Waals surface area contributed by atoms with Gasteiger partial charge in [-0.1, -0.05) is 6.07 Å². The number of rotatable bonds is 1. The molecule has 0 aromatic heterocycles. The van der Waals surface area contributed by atoms with Crippen molar-refractivity contribution in [1.82, 2.24) is 0 Å². The van der Waals surface area contributed by atoms with E-state index in [1.54, 1.807) is 0 Å². The van der Waals surface area contributed by atoms with Gasteiger partial charge >= 0.3 is 0 Å². The van der Waals surface area contributed by atoms with Gasteiger partial charge in [-0.15, -0.1) is 0 Å². The number of benzene rings is 1. The molecule has 1 saturated carbocycles. The largest absolute Gasteiger partial charge is 0.484 e. The van der Waals surface area contributed by atoms with Crippen molar-refractivity contribution in [3.8, 4) is 11.9 Å². The zero-order valence-corrected chi connectivity index (χ0v) is 12.0. The first-order valence-corrected chi connectivity index (χ1v) is 7.66. The van der Waals surface area contributed by atoms with E-state index in [1.165, 1.54) is 18.4 Å². The SMILES string of the molecule is N#C/N=C1\CC2(CCCOC2)Oc2ccc(C3CC3)cc21. The van der Waals surface area contributed by atoms with Crippen molar-refractivity contribution in [2.24, 2.45) is 4.99 Å². The standard InChI is InChI=1S/C17H18N2O2/c18-11-19-15-9-17(6-1-7-20-10-17)21-16-5-4-13(8-14(15)16)12-2-3-12/h4-5,8,12H,1-3,6-7,9-10H2/b19-15+. The molecule has 1 spiro atoms. The molecule has 2 aliphatic heterocycles. The van der Waals surface area contributed by atoms with Crippen molar-refractivity contribution in [3.63, 3.8) is 0 Å². The van der Waals surface area contributed by atoms with Crippen molar-refractivity contribution in [2.75, 3.05) is 13.2 Å². The molecule has 1 aromatic carbocycles. The fourth-order valence-electron chi connectivity index (χ4n) is 3.41. The highest BCUT2D eigenvalue weighted by Gasteiger charge is 2.41. The van der Waals surface area contributed by atoms with Gasteiger partial charge in [-0.25, -0.2) is 0 Å². The van der Waals surface area contributed by atoms with Gasteiger partial charge in [0.05, 0.1) is 12.3 Å². The summed E-state index contributed by atoms with van der Waals surface area (Å²) in [5.41, 5.74) is 2.87. The highest BCUT2D eigenvalue weighted by Crippen LogP contribution is 2.44. The van der Waals surface area contributed by atoms with E-state index in [9.17, 15) is 0 Å². The molecule has 4 nitrogen and oxygen atoms in total. The second kappa shape index (κ2) is 4.85. The predicted molar refractivity (Wildman–Crippen MR) is 78.6 cm³/mol. The third kappa shape index (κ3) is 2.32. The van der Waals surface area contributed by atoms with Crippen LogP contribution in [0.15, 0.2) is 23.2 Å². The number of nitriles is 1. The Balaban J connectivity index is 1.75. The quantitative estimate of drug-likeness (QED) is 0.743. The Kier molecular flexibility index (Phi) is 2.97. The van der Waals surface area contributed by atoms with E-state index in [-0.39, 0.29) is 5.60 Å². The summed E-state index contributed by atoms with van der Waals surface area (Å²) < 4.78 is 11.9. The van der Waals surface area contributed by atoms with Gasteiger partial charge in [0.2, 0.25) is 6.19 Å². The molecule has 1 unspecified atom stereocenters. The Hall–Kier alpha value is -1.86. The molecule has 0 N–H and O–H groups in total. The minimum absolute atomic E-state index is 0.331.